The number of amides is 1. The van der Waals surface area contributed by atoms with Gasteiger partial charge in [-0.1, -0.05) is 18.2 Å². The molecule has 2 heterocycles. The first-order valence-electron chi connectivity index (χ1n) is 7.25. The highest BCUT2D eigenvalue weighted by Gasteiger charge is 2.51. The average Bonchev–Trinajstić information content (AvgIpc) is 2.63. The Morgan fingerprint density at radius 3 is 2.90 bits per heavy atom. The van der Waals surface area contributed by atoms with Gasteiger partial charge in [-0.3, -0.25) is 4.79 Å². The van der Waals surface area contributed by atoms with Crippen LogP contribution in [0.3, 0.4) is 0 Å². The third-order valence-corrected chi connectivity index (χ3v) is 4.63. The molecule has 0 saturated carbocycles. The van der Waals surface area contributed by atoms with E-state index in [2.05, 4.69) is 18.2 Å². The summed E-state index contributed by atoms with van der Waals surface area (Å²) in [4.78, 5) is 14.9. The van der Waals surface area contributed by atoms with Crippen LogP contribution in [-0.2, 0) is 16.6 Å². The molecule has 3 rings (SSSR count). The molecule has 104 valence electrons. The fraction of sp³-hybridized carbons (Fsp3) is 0.529. The molecule has 1 amide bonds. The molecule has 0 spiro atoms. The second-order valence-corrected chi connectivity index (χ2v) is 6.88. The van der Waals surface area contributed by atoms with Crippen LogP contribution < -0.4 is 4.90 Å². The molecule has 3 heteroatoms. The highest BCUT2D eigenvalue weighted by molar-refractivity contribution is 6.09. The van der Waals surface area contributed by atoms with E-state index in [9.17, 15) is 10.1 Å². The summed E-state index contributed by atoms with van der Waals surface area (Å²) in [6.07, 6.45) is 2.65. The Morgan fingerprint density at radius 2 is 2.20 bits per heavy atom. The first-order valence-corrected chi connectivity index (χ1v) is 7.25. The molecule has 2 aliphatic rings. The number of carbonyl (C=O) groups excluding carboxylic acids is 1. The van der Waals surface area contributed by atoms with Crippen LogP contribution in [0.4, 0.5) is 5.69 Å². The highest BCUT2D eigenvalue weighted by atomic mass is 16.2. The SMILES string of the molecule is CC(C)(C#N)CC1(C)C(=O)N2CCCc3cccc1c32. The smallest absolute Gasteiger partial charge is 0.237 e. The largest absolute Gasteiger partial charge is 0.311 e. The third-order valence-electron chi connectivity index (χ3n) is 4.63. The van der Waals surface area contributed by atoms with E-state index in [1.165, 1.54) is 5.56 Å². The van der Waals surface area contributed by atoms with E-state index >= 15 is 0 Å². The zero-order valence-electron chi connectivity index (χ0n) is 12.4. The molecule has 0 saturated heterocycles. The van der Waals surface area contributed by atoms with E-state index in [0.717, 1.165) is 30.6 Å². The van der Waals surface area contributed by atoms with Crippen molar-refractivity contribution in [3.8, 4) is 6.07 Å². The van der Waals surface area contributed by atoms with Gasteiger partial charge in [-0.25, -0.2) is 0 Å². The molecule has 0 aromatic heterocycles. The Balaban J connectivity index is 2.14. The lowest BCUT2D eigenvalue weighted by atomic mass is 9.71. The predicted molar refractivity (Wildman–Crippen MR) is 78.5 cm³/mol. The Bertz CT molecular complexity index is 626. The summed E-state index contributed by atoms with van der Waals surface area (Å²) in [5.74, 6) is 0.169. The quantitative estimate of drug-likeness (QED) is 0.827. The number of hydrogen-bond acceptors (Lipinski definition) is 2. The minimum Gasteiger partial charge on any atom is -0.311 e. The molecule has 0 aliphatic carbocycles. The number of nitrogens with zero attached hydrogens (tertiary/aromatic N) is 2. The van der Waals surface area contributed by atoms with Gasteiger partial charge in [-0.15, -0.1) is 0 Å². The van der Waals surface area contributed by atoms with E-state index < -0.39 is 10.8 Å². The van der Waals surface area contributed by atoms with Crippen LogP contribution >= 0.6 is 0 Å². The molecule has 1 atom stereocenters. The lowest BCUT2D eigenvalue weighted by Crippen LogP contribution is -2.42. The summed E-state index contributed by atoms with van der Waals surface area (Å²) in [6, 6.07) is 8.58. The summed E-state index contributed by atoms with van der Waals surface area (Å²) >= 11 is 0. The van der Waals surface area contributed by atoms with Crippen LogP contribution in [0.15, 0.2) is 18.2 Å². The molecule has 2 aliphatic heterocycles. The molecule has 20 heavy (non-hydrogen) atoms. The second kappa shape index (κ2) is 4.09. The Morgan fingerprint density at radius 1 is 1.45 bits per heavy atom. The minimum atomic E-state index is -0.561. The van der Waals surface area contributed by atoms with Gasteiger partial charge in [0.15, 0.2) is 0 Å². The molecule has 1 unspecified atom stereocenters. The predicted octanol–water partition coefficient (Wildman–Crippen LogP) is 3.18. The number of aryl methyl sites for hydroxylation is 1. The topological polar surface area (TPSA) is 44.1 Å². The van der Waals surface area contributed by atoms with E-state index in [-0.39, 0.29) is 5.91 Å². The van der Waals surface area contributed by atoms with Crippen molar-refractivity contribution >= 4 is 11.6 Å². The molecule has 0 radical (unpaired) electrons. The monoisotopic (exact) mass is 268 g/mol. The van der Waals surface area contributed by atoms with E-state index in [1.807, 2.05) is 31.7 Å². The van der Waals surface area contributed by atoms with Crippen LogP contribution in [0, 0.1) is 16.7 Å². The zero-order chi connectivity index (χ0) is 14.5. The fourth-order valence-corrected chi connectivity index (χ4v) is 3.81. The molecule has 0 N–H and O–H groups in total. The van der Waals surface area contributed by atoms with Gasteiger partial charge in [0, 0.05) is 6.54 Å². The maximum atomic E-state index is 12.9. The maximum absolute atomic E-state index is 12.9. The van der Waals surface area contributed by atoms with Crippen LogP contribution in [0.5, 0.6) is 0 Å². The maximum Gasteiger partial charge on any atom is 0.237 e. The summed E-state index contributed by atoms with van der Waals surface area (Å²) in [5.41, 5.74) is 2.46. The molecule has 0 bridgehead atoms. The van der Waals surface area contributed by atoms with Crippen molar-refractivity contribution in [2.45, 2.75) is 45.4 Å². The second-order valence-electron chi connectivity index (χ2n) is 6.88. The number of carbonyl (C=O) groups is 1. The summed E-state index contributed by atoms with van der Waals surface area (Å²) < 4.78 is 0. The van der Waals surface area contributed by atoms with Gasteiger partial charge in [0.1, 0.15) is 0 Å². The van der Waals surface area contributed by atoms with Gasteiger partial charge in [0.2, 0.25) is 5.91 Å². The first kappa shape index (κ1) is 13.2. The van der Waals surface area contributed by atoms with Crippen molar-refractivity contribution in [2.75, 3.05) is 11.4 Å². The van der Waals surface area contributed by atoms with Gasteiger partial charge in [-0.2, -0.15) is 5.26 Å². The highest BCUT2D eigenvalue weighted by Crippen LogP contribution is 2.50. The molecule has 1 aromatic rings. The van der Waals surface area contributed by atoms with E-state index in [1.54, 1.807) is 0 Å². The van der Waals surface area contributed by atoms with Crippen molar-refractivity contribution in [1.29, 1.82) is 5.26 Å². The lowest BCUT2D eigenvalue weighted by molar-refractivity contribution is -0.123. The normalized spacial score (nSPS) is 24.5. The van der Waals surface area contributed by atoms with Crippen LogP contribution in [0.2, 0.25) is 0 Å². The fourth-order valence-electron chi connectivity index (χ4n) is 3.81. The minimum absolute atomic E-state index is 0.169. The van der Waals surface area contributed by atoms with Crippen LogP contribution in [0.1, 0.15) is 44.7 Å². The van der Waals surface area contributed by atoms with Crippen molar-refractivity contribution in [3.63, 3.8) is 0 Å². The molecule has 3 nitrogen and oxygen atoms in total. The number of rotatable bonds is 2. The van der Waals surface area contributed by atoms with Gasteiger partial charge in [0.25, 0.3) is 0 Å². The zero-order valence-corrected chi connectivity index (χ0v) is 12.4. The van der Waals surface area contributed by atoms with Crippen molar-refractivity contribution in [1.82, 2.24) is 0 Å². The van der Waals surface area contributed by atoms with Crippen LogP contribution in [-0.4, -0.2) is 12.5 Å². The summed E-state index contributed by atoms with van der Waals surface area (Å²) in [5, 5.41) is 9.32. The van der Waals surface area contributed by atoms with E-state index in [4.69, 9.17) is 0 Å². The summed E-state index contributed by atoms with van der Waals surface area (Å²) in [6.45, 7) is 6.64. The Kier molecular flexibility index (Phi) is 2.69. The number of benzene rings is 1. The number of hydrogen-bond donors (Lipinski definition) is 0. The molecule has 1 aromatic carbocycles. The van der Waals surface area contributed by atoms with Crippen molar-refractivity contribution in [2.24, 2.45) is 5.41 Å². The number of nitriles is 1. The van der Waals surface area contributed by atoms with Gasteiger partial charge < -0.3 is 4.90 Å². The van der Waals surface area contributed by atoms with Crippen molar-refractivity contribution < 1.29 is 4.79 Å². The lowest BCUT2D eigenvalue weighted by Gasteiger charge is -2.30. The molecular formula is C17H20N2O. The first-order chi connectivity index (χ1) is 9.39. The standard InChI is InChI=1S/C17H20N2O/c1-16(2,11-18)10-17(3)13-8-4-6-12-7-5-9-19(14(12)13)15(17)20/h4,6,8H,5,7,9-10H2,1-3H3. The third kappa shape index (κ3) is 1.67. The number of anilines is 1. The van der Waals surface area contributed by atoms with E-state index in [0.29, 0.717) is 6.42 Å². The van der Waals surface area contributed by atoms with Gasteiger partial charge in [-0.05, 0) is 51.2 Å². The molecule has 0 fully saturated rings. The summed E-state index contributed by atoms with van der Waals surface area (Å²) in [7, 11) is 0. The van der Waals surface area contributed by atoms with Gasteiger partial charge in [0.05, 0.1) is 22.6 Å². The Hall–Kier alpha value is -1.82. The Labute approximate surface area is 120 Å². The van der Waals surface area contributed by atoms with Crippen molar-refractivity contribution in [3.05, 3.63) is 29.3 Å². The molecular weight excluding hydrogens is 248 g/mol. The van der Waals surface area contributed by atoms with Crippen LogP contribution in [0.25, 0.3) is 0 Å². The number of para-hydroxylation sites is 1. The average molecular weight is 268 g/mol. The van der Waals surface area contributed by atoms with Gasteiger partial charge >= 0.3 is 0 Å².